The van der Waals surface area contributed by atoms with Crippen molar-refractivity contribution in [2.24, 2.45) is 0 Å². The molecule has 1 unspecified atom stereocenters. The molecule has 0 spiro atoms. The summed E-state index contributed by atoms with van der Waals surface area (Å²) in [6.07, 6.45) is 0.523. The highest BCUT2D eigenvalue weighted by Crippen LogP contribution is 2.40. The van der Waals surface area contributed by atoms with E-state index in [0.717, 1.165) is 5.69 Å². The Morgan fingerprint density at radius 3 is 2.88 bits per heavy atom. The first-order valence-electron chi connectivity index (χ1n) is 4.91. The maximum absolute atomic E-state index is 10.9. The molecule has 3 nitrogen and oxygen atoms in total. The maximum Gasteiger partial charge on any atom is 0.247 e. The fraction of sp³-hybridized carbons (Fsp3) is 0.364. The molecule has 86 valence electrons. The van der Waals surface area contributed by atoms with Gasteiger partial charge in [-0.15, -0.1) is 0 Å². The van der Waals surface area contributed by atoms with Crippen LogP contribution in [0.15, 0.2) is 24.3 Å². The third-order valence-corrected chi connectivity index (χ3v) is 3.05. The number of aldehydes is 1. The van der Waals surface area contributed by atoms with E-state index < -0.39 is 4.46 Å². The highest BCUT2D eigenvalue weighted by Gasteiger charge is 2.39. The number of halogens is 2. The number of carbonyl (C=O) groups excluding carboxylic acids is 1. The monoisotopic (exact) mass is 259 g/mol. The number of fused-ring (bicyclic) bond motifs is 1. The summed E-state index contributed by atoms with van der Waals surface area (Å²) >= 11 is 12.0. The van der Waals surface area contributed by atoms with E-state index in [1.807, 2.05) is 31.2 Å². The normalized spacial score (nSPS) is 19.9. The number of alkyl halides is 2. The molecule has 0 radical (unpaired) electrons. The van der Waals surface area contributed by atoms with Gasteiger partial charge in [-0.25, -0.2) is 0 Å². The van der Waals surface area contributed by atoms with E-state index in [0.29, 0.717) is 18.6 Å². The molecule has 1 atom stereocenters. The minimum atomic E-state index is -1.56. The van der Waals surface area contributed by atoms with E-state index in [4.69, 9.17) is 27.9 Å². The zero-order valence-corrected chi connectivity index (χ0v) is 10.2. The van der Waals surface area contributed by atoms with Gasteiger partial charge >= 0.3 is 0 Å². The van der Waals surface area contributed by atoms with Crippen molar-refractivity contribution in [3.05, 3.63) is 24.3 Å². The lowest BCUT2D eigenvalue weighted by Crippen LogP contribution is -2.51. The molecule has 0 aromatic heterocycles. The van der Waals surface area contributed by atoms with Crippen LogP contribution in [0.5, 0.6) is 5.75 Å². The standard InChI is InChI=1S/C11H11Cl2NO2/c1-8-6-16-10-5-3-2-4-9(10)14(8)11(12,13)7-15/h2-5,7-8H,6H2,1H3. The molecule has 16 heavy (non-hydrogen) atoms. The summed E-state index contributed by atoms with van der Waals surface area (Å²) < 4.78 is 3.97. The number of rotatable bonds is 2. The van der Waals surface area contributed by atoms with Gasteiger partial charge in [0, 0.05) is 0 Å². The molecular formula is C11H11Cl2NO2. The Morgan fingerprint density at radius 2 is 2.19 bits per heavy atom. The SMILES string of the molecule is CC1COc2ccccc2N1C(Cl)(Cl)C=O. The molecule has 2 rings (SSSR count). The Labute approximate surface area is 104 Å². The lowest BCUT2D eigenvalue weighted by molar-refractivity contribution is -0.108. The van der Waals surface area contributed by atoms with Gasteiger partial charge in [-0.05, 0) is 19.1 Å². The summed E-state index contributed by atoms with van der Waals surface area (Å²) in [6.45, 7) is 2.35. The number of hydrogen-bond acceptors (Lipinski definition) is 3. The zero-order valence-electron chi connectivity index (χ0n) is 8.69. The van der Waals surface area contributed by atoms with Gasteiger partial charge < -0.3 is 9.64 Å². The van der Waals surface area contributed by atoms with Crippen LogP contribution in [0, 0.1) is 0 Å². The van der Waals surface area contributed by atoms with Gasteiger partial charge in [-0.2, -0.15) is 0 Å². The van der Waals surface area contributed by atoms with E-state index in [9.17, 15) is 4.79 Å². The van der Waals surface area contributed by atoms with Gasteiger partial charge in [0.25, 0.3) is 0 Å². The summed E-state index contributed by atoms with van der Waals surface area (Å²) in [5.41, 5.74) is 0.735. The second-order valence-electron chi connectivity index (χ2n) is 3.70. The van der Waals surface area contributed by atoms with Crippen molar-refractivity contribution >= 4 is 35.2 Å². The minimum Gasteiger partial charge on any atom is -0.489 e. The number of benzene rings is 1. The van der Waals surface area contributed by atoms with Crippen LogP contribution in [0.2, 0.25) is 0 Å². The van der Waals surface area contributed by atoms with Crippen molar-refractivity contribution in [1.29, 1.82) is 0 Å². The number of carbonyl (C=O) groups is 1. The highest BCUT2D eigenvalue weighted by molar-refractivity contribution is 6.57. The average molecular weight is 260 g/mol. The summed E-state index contributed by atoms with van der Waals surface area (Å²) in [5.74, 6) is 0.688. The van der Waals surface area contributed by atoms with E-state index in [1.165, 1.54) is 0 Å². The lowest BCUT2D eigenvalue weighted by Gasteiger charge is -2.41. The first-order chi connectivity index (χ1) is 7.56. The molecule has 1 heterocycles. The lowest BCUT2D eigenvalue weighted by atomic mass is 10.1. The van der Waals surface area contributed by atoms with Gasteiger partial charge in [-0.3, -0.25) is 4.79 Å². The molecule has 0 saturated carbocycles. The Bertz CT molecular complexity index is 409. The van der Waals surface area contributed by atoms with Crippen LogP contribution in [-0.2, 0) is 4.79 Å². The van der Waals surface area contributed by atoms with Crippen LogP contribution in [0.3, 0.4) is 0 Å². The summed E-state index contributed by atoms with van der Waals surface area (Å²) in [7, 11) is 0. The van der Waals surface area contributed by atoms with Gasteiger partial charge in [0.1, 0.15) is 12.4 Å². The van der Waals surface area contributed by atoms with Crippen molar-refractivity contribution in [3.63, 3.8) is 0 Å². The molecule has 0 saturated heterocycles. The molecule has 0 N–H and O–H groups in total. The molecule has 1 aliphatic heterocycles. The zero-order chi connectivity index (χ0) is 11.8. The Morgan fingerprint density at radius 1 is 1.50 bits per heavy atom. The molecule has 1 aromatic rings. The predicted octanol–water partition coefficient (Wildman–Crippen LogP) is 2.60. The van der Waals surface area contributed by atoms with E-state index in [1.54, 1.807) is 4.90 Å². The molecular weight excluding hydrogens is 249 g/mol. The van der Waals surface area contributed by atoms with Crippen LogP contribution in [0.4, 0.5) is 5.69 Å². The Hall–Kier alpha value is -0.930. The second kappa shape index (κ2) is 4.15. The van der Waals surface area contributed by atoms with Gasteiger partial charge in [0.15, 0.2) is 6.29 Å². The van der Waals surface area contributed by atoms with Crippen LogP contribution in [0.25, 0.3) is 0 Å². The first-order valence-corrected chi connectivity index (χ1v) is 5.67. The highest BCUT2D eigenvalue weighted by atomic mass is 35.5. The molecule has 0 bridgehead atoms. The van der Waals surface area contributed by atoms with Crippen LogP contribution in [0.1, 0.15) is 6.92 Å². The minimum absolute atomic E-state index is 0.0601. The number of anilines is 1. The number of ether oxygens (including phenoxy) is 1. The molecule has 1 aromatic carbocycles. The Kier molecular flexibility index (Phi) is 3.00. The fourth-order valence-electron chi connectivity index (χ4n) is 1.81. The van der Waals surface area contributed by atoms with Gasteiger partial charge in [0.2, 0.25) is 4.46 Å². The average Bonchev–Trinajstić information content (AvgIpc) is 2.28. The van der Waals surface area contributed by atoms with Crippen molar-refractivity contribution in [3.8, 4) is 5.75 Å². The number of nitrogens with zero attached hydrogens (tertiary/aromatic N) is 1. The summed E-state index contributed by atoms with van der Waals surface area (Å²) in [5, 5.41) is 0. The third kappa shape index (κ3) is 1.85. The first kappa shape index (κ1) is 11.6. The summed E-state index contributed by atoms with van der Waals surface area (Å²) in [4.78, 5) is 12.6. The third-order valence-electron chi connectivity index (χ3n) is 2.51. The topological polar surface area (TPSA) is 29.5 Å². The Balaban J connectivity index is 2.48. The van der Waals surface area contributed by atoms with Crippen molar-refractivity contribution in [1.82, 2.24) is 0 Å². The van der Waals surface area contributed by atoms with Crippen molar-refractivity contribution < 1.29 is 9.53 Å². The van der Waals surface area contributed by atoms with E-state index in [-0.39, 0.29) is 6.04 Å². The quantitative estimate of drug-likeness (QED) is 0.465. The second-order valence-corrected chi connectivity index (χ2v) is 5.05. The molecule has 5 heteroatoms. The smallest absolute Gasteiger partial charge is 0.247 e. The van der Waals surface area contributed by atoms with Gasteiger partial charge in [-0.1, -0.05) is 35.3 Å². The van der Waals surface area contributed by atoms with E-state index >= 15 is 0 Å². The van der Waals surface area contributed by atoms with Crippen molar-refractivity contribution in [2.75, 3.05) is 11.5 Å². The molecule has 1 aliphatic rings. The molecule has 0 aliphatic carbocycles. The maximum atomic E-state index is 10.9. The van der Waals surface area contributed by atoms with Crippen LogP contribution in [-0.4, -0.2) is 23.4 Å². The fourth-order valence-corrected chi connectivity index (χ4v) is 2.33. The summed E-state index contributed by atoms with van der Waals surface area (Å²) in [6, 6.07) is 7.30. The van der Waals surface area contributed by atoms with Crippen LogP contribution < -0.4 is 9.64 Å². The van der Waals surface area contributed by atoms with Gasteiger partial charge in [0.05, 0.1) is 11.7 Å². The largest absolute Gasteiger partial charge is 0.489 e. The van der Waals surface area contributed by atoms with Crippen molar-refractivity contribution in [2.45, 2.75) is 17.4 Å². The molecule has 0 amide bonds. The number of para-hydroxylation sites is 2. The number of hydrogen-bond donors (Lipinski definition) is 0. The van der Waals surface area contributed by atoms with E-state index in [2.05, 4.69) is 0 Å². The predicted molar refractivity (Wildman–Crippen MR) is 64.4 cm³/mol. The molecule has 0 fully saturated rings. The van der Waals surface area contributed by atoms with Crippen LogP contribution >= 0.6 is 23.2 Å².